The van der Waals surface area contributed by atoms with Crippen LogP contribution in [0.15, 0.2) is 23.1 Å². The summed E-state index contributed by atoms with van der Waals surface area (Å²) >= 11 is 1.27. The summed E-state index contributed by atoms with van der Waals surface area (Å²) in [6, 6.07) is 4.43. The van der Waals surface area contributed by atoms with Crippen molar-refractivity contribution in [1.82, 2.24) is 5.32 Å². The minimum Gasteiger partial charge on any atom is -0.383 e. The fourth-order valence-electron chi connectivity index (χ4n) is 1.34. The third kappa shape index (κ3) is 3.71. The Morgan fingerprint density at radius 2 is 2.28 bits per heavy atom. The molecule has 6 nitrogen and oxygen atoms in total. The van der Waals surface area contributed by atoms with Crippen molar-refractivity contribution < 1.29 is 14.5 Å². The Morgan fingerprint density at radius 1 is 1.56 bits per heavy atom. The molecule has 0 aromatic heterocycles. The van der Waals surface area contributed by atoms with Crippen LogP contribution >= 0.6 is 11.8 Å². The molecule has 7 heteroatoms. The summed E-state index contributed by atoms with van der Waals surface area (Å²) < 4.78 is 4.80. The summed E-state index contributed by atoms with van der Waals surface area (Å²) in [5, 5.41) is 13.5. The first-order chi connectivity index (χ1) is 8.60. The Labute approximate surface area is 109 Å². The highest BCUT2D eigenvalue weighted by Crippen LogP contribution is 2.28. The number of nitro benzene ring substituents is 1. The maximum atomic E-state index is 11.7. The monoisotopic (exact) mass is 270 g/mol. The van der Waals surface area contributed by atoms with Crippen LogP contribution in [0.5, 0.6) is 0 Å². The number of amides is 1. The van der Waals surface area contributed by atoms with Gasteiger partial charge in [-0.05, 0) is 18.4 Å². The van der Waals surface area contributed by atoms with E-state index < -0.39 is 4.92 Å². The Morgan fingerprint density at radius 3 is 2.83 bits per heavy atom. The summed E-state index contributed by atoms with van der Waals surface area (Å²) in [5.74, 6) is -0.345. The molecule has 18 heavy (non-hydrogen) atoms. The minimum absolute atomic E-state index is 0.0538. The van der Waals surface area contributed by atoms with E-state index in [1.54, 1.807) is 18.4 Å². The average molecular weight is 270 g/mol. The first-order valence-electron chi connectivity index (χ1n) is 5.19. The van der Waals surface area contributed by atoms with Gasteiger partial charge in [0.25, 0.3) is 11.6 Å². The molecular formula is C11H14N2O4S. The predicted octanol–water partition coefficient (Wildman–Crippen LogP) is 1.69. The molecule has 1 aromatic carbocycles. The zero-order valence-electron chi connectivity index (χ0n) is 10.1. The highest BCUT2D eigenvalue weighted by Gasteiger charge is 2.16. The lowest BCUT2D eigenvalue weighted by atomic mass is 10.2. The predicted molar refractivity (Wildman–Crippen MR) is 69.1 cm³/mol. The molecule has 0 fully saturated rings. The number of carbonyl (C=O) groups is 1. The van der Waals surface area contributed by atoms with Crippen LogP contribution in [0.1, 0.15) is 10.4 Å². The van der Waals surface area contributed by atoms with Crippen molar-refractivity contribution in [3.63, 3.8) is 0 Å². The molecule has 1 amide bonds. The molecular weight excluding hydrogens is 256 g/mol. The van der Waals surface area contributed by atoms with Gasteiger partial charge in [0.15, 0.2) is 0 Å². The number of nitrogens with zero attached hydrogens (tertiary/aromatic N) is 1. The number of thioether (sulfide) groups is 1. The van der Waals surface area contributed by atoms with Crippen molar-refractivity contribution >= 4 is 23.4 Å². The van der Waals surface area contributed by atoms with Gasteiger partial charge in [0.2, 0.25) is 0 Å². The van der Waals surface area contributed by atoms with E-state index in [-0.39, 0.29) is 17.2 Å². The van der Waals surface area contributed by atoms with E-state index in [0.29, 0.717) is 18.0 Å². The largest absolute Gasteiger partial charge is 0.383 e. The molecule has 0 unspecified atom stereocenters. The molecule has 1 rings (SSSR count). The maximum Gasteiger partial charge on any atom is 0.283 e. The number of methoxy groups -OCH3 is 1. The van der Waals surface area contributed by atoms with E-state index in [1.807, 2.05) is 0 Å². The lowest BCUT2D eigenvalue weighted by Gasteiger charge is -2.05. The first-order valence-corrected chi connectivity index (χ1v) is 6.42. The van der Waals surface area contributed by atoms with Crippen LogP contribution in [0.25, 0.3) is 0 Å². The molecule has 0 atom stereocenters. The molecule has 0 radical (unpaired) electrons. The number of carbonyl (C=O) groups excluding carboxylic acids is 1. The molecule has 1 N–H and O–H groups in total. The lowest BCUT2D eigenvalue weighted by molar-refractivity contribution is -0.387. The van der Waals surface area contributed by atoms with Crippen molar-refractivity contribution in [2.24, 2.45) is 0 Å². The third-order valence-corrected chi connectivity index (χ3v) is 3.01. The van der Waals surface area contributed by atoms with Gasteiger partial charge in [-0.15, -0.1) is 11.8 Å². The second-order valence-electron chi connectivity index (χ2n) is 3.39. The Bertz CT molecular complexity index is 451. The molecule has 0 saturated heterocycles. The lowest BCUT2D eigenvalue weighted by Crippen LogP contribution is -2.26. The van der Waals surface area contributed by atoms with E-state index in [9.17, 15) is 14.9 Å². The number of benzene rings is 1. The number of hydrogen-bond acceptors (Lipinski definition) is 5. The molecule has 0 aliphatic heterocycles. The minimum atomic E-state index is -0.488. The van der Waals surface area contributed by atoms with Crippen LogP contribution in [0.2, 0.25) is 0 Å². The van der Waals surface area contributed by atoms with E-state index in [4.69, 9.17) is 4.74 Å². The van der Waals surface area contributed by atoms with Crippen LogP contribution < -0.4 is 5.32 Å². The van der Waals surface area contributed by atoms with Gasteiger partial charge in [0.1, 0.15) is 0 Å². The molecule has 1 aromatic rings. The Hall–Kier alpha value is -1.60. The topological polar surface area (TPSA) is 81.5 Å². The second-order valence-corrected chi connectivity index (χ2v) is 4.24. The number of ether oxygens (including phenoxy) is 1. The molecule has 0 aliphatic rings. The molecule has 0 aliphatic carbocycles. The molecule has 0 spiro atoms. The molecule has 98 valence electrons. The second kappa shape index (κ2) is 6.97. The first kappa shape index (κ1) is 14.5. The average Bonchev–Trinajstić information content (AvgIpc) is 2.38. The molecule has 0 heterocycles. The molecule has 0 saturated carbocycles. The van der Waals surface area contributed by atoms with Crippen molar-refractivity contribution in [2.45, 2.75) is 4.90 Å². The standard InChI is InChI=1S/C11H14N2O4S/c1-17-6-5-12-11(14)8-3-4-10(18-2)9(7-8)13(15)16/h3-4,7H,5-6H2,1-2H3,(H,12,14). The van der Waals surface area contributed by atoms with Gasteiger partial charge in [-0.2, -0.15) is 0 Å². The highest BCUT2D eigenvalue weighted by atomic mass is 32.2. The summed E-state index contributed by atoms with van der Waals surface area (Å²) in [5.41, 5.74) is 0.220. The summed E-state index contributed by atoms with van der Waals surface area (Å²) in [6.07, 6.45) is 1.75. The maximum absolute atomic E-state index is 11.7. The summed E-state index contributed by atoms with van der Waals surface area (Å²) in [4.78, 5) is 22.6. The summed E-state index contributed by atoms with van der Waals surface area (Å²) in [6.45, 7) is 0.768. The van der Waals surface area contributed by atoms with Crippen LogP contribution in [0.3, 0.4) is 0 Å². The van der Waals surface area contributed by atoms with Crippen LogP contribution in [-0.4, -0.2) is 37.3 Å². The van der Waals surface area contributed by atoms with Crippen molar-refractivity contribution in [2.75, 3.05) is 26.5 Å². The Balaban J connectivity index is 2.87. The van der Waals surface area contributed by atoms with Gasteiger partial charge >= 0.3 is 0 Å². The fourth-order valence-corrected chi connectivity index (χ4v) is 1.89. The summed E-state index contributed by atoms with van der Waals surface area (Å²) in [7, 11) is 1.53. The van der Waals surface area contributed by atoms with Gasteiger partial charge in [-0.25, -0.2) is 0 Å². The van der Waals surface area contributed by atoms with Gasteiger partial charge in [0, 0.05) is 25.3 Å². The van der Waals surface area contributed by atoms with Crippen molar-refractivity contribution in [1.29, 1.82) is 0 Å². The Kier molecular flexibility index (Phi) is 5.60. The van der Waals surface area contributed by atoms with E-state index in [0.717, 1.165) is 0 Å². The molecule has 0 bridgehead atoms. The number of hydrogen-bond donors (Lipinski definition) is 1. The van der Waals surface area contributed by atoms with Crippen molar-refractivity contribution in [3.8, 4) is 0 Å². The van der Waals surface area contributed by atoms with Crippen LogP contribution in [-0.2, 0) is 4.74 Å². The van der Waals surface area contributed by atoms with Crippen molar-refractivity contribution in [3.05, 3.63) is 33.9 Å². The quantitative estimate of drug-likeness (QED) is 0.368. The zero-order chi connectivity index (χ0) is 13.5. The van der Waals surface area contributed by atoms with Crippen LogP contribution in [0.4, 0.5) is 5.69 Å². The van der Waals surface area contributed by atoms with Gasteiger partial charge in [0.05, 0.1) is 16.4 Å². The number of nitrogens with one attached hydrogen (secondary N) is 1. The van der Waals surface area contributed by atoms with Crippen LogP contribution in [0, 0.1) is 10.1 Å². The SMILES string of the molecule is COCCNC(=O)c1ccc(SC)c([N+](=O)[O-])c1. The van der Waals surface area contributed by atoms with E-state index in [2.05, 4.69) is 5.32 Å². The number of rotatable bonds is 6. The van der Waals surface area contributed by atoms with Gasteiger partial charge < -0.3 is 10.1 Å². The smallest absolute Gasteiger partial charge is 0.283 e. The number of nitro groups is 1. The fraction of sp³-hybridized carbons (Fsp3) is 0.364. The van der Waals surface area contributed by atoms with Gasteiger partial charge in [-0.1, -0.05) is 0 Å². The third-order valence-electron chi connectivity index (χ3n) is 2.23. The highest BCUT2D eigenvalue weighted by molar-refractivity contribution is 7.98. The van der Waals surface area contributed by atoms with Gasteiger partial charge in [-0.3, -0.25) is 14.9 Å². The van der Waals surface area contributed by atoms with E-state index in [1.165, 1.54) is 24.9 Å². The van der Waals surface area contributed by atoms with E-state index >= 15 is 0 Å². The zero-order valence-corrected chi connectivity index (χ0v) is 11.0. The normalized spacial score (nSPS) is 10.1.